The van der Waals surface area contributed by atoms with Crippen molar-refractivity contribution in [3.8, 4) is 17.2 Å². The van der Waals surface area contributed by atoms with Gasteiger partial charge in [0.15, 0.2) is 15.8 Å². The van der Waals surface area contributed by atoms with Crippen LogP contribution in [0, 0.1) is 13.8 Å². The molecule has 0 atom stereocenters. The lowest BCUT2D eigenvalue weighted by Gasteiger charge is -2.17. The second-order valence-electron chi connectivity index (χ2n) is 6.08. The highest BCUT2D eigenvalue weighted by Gasteiger charge is 2.34. The summed E-state index contributed by atoms with van der Waals surface area (Å²) in [7, 11) is 2.91. The minimum atomic E-state index is -0.178. The number of nitrogens with zero attached hydrogens (tertiary/aromatic N) is 1. The van der Waals surface area contributed by atoms with Gasteiger partial charge in [-0.1, -0.05) is 41.7 Å². The monoisotopic (exact) mass is 401 g/mol. The summed E-state index contributed by atoms with van der Waals surface area (Å²) in [6.45, 7) is 3.97. The van der Waals surface area contributed by atoms with Gasteiger partial charge in [0.25, 0.3) is 5.91 Å². The van der Waals surface area contributed by atoms with E-state index < -0.39 is 0 Å². The molecule has 1 amide bonds. The number of thioether (sulfide) groups is 1. The number of phenolic OH excluding ortho intramolecular Hbond substituents is 1. The molecule has 0 aliphatic carbocycles. The zero-order chi connectivity index (χ0) is 19.7. The zero-order valence-corrected chi connectivity index (χ0v) is 17.0. The Balaban J connectivity index is 2.00. The lowest BCUT2D eigenvalue weighted by atomic mass is 10.1. The van der Waals surface area contributed by atoms with Crippen LogP contribution in [0.1, 0.15) is 16.7 Å². The van der Waals surface area contributed by atoms with Crippen LogP contribution in [0.15, 0.2) is 35.2 Å². The average Bonchev–Trinajstić information content (AvgIpc) is 2.90. The molecule has 140 valence electrons. The first-order valence-electron chi connectivity index (χ1n) is 8.16. The predicted molar refractivity (Wildman–Crippen MR) is 113 cm³/mol. The largest absolute Gasteiger partial charge is 0.502 e. The van der Waals surface area contributed by atoms with E-state index in [1.165, 1.54) is 26.0 Å². The number of aryl methyl sites for hydroxylation is 2. The van der Waals surface area contributed by atoms with Crippen molar-refractivity contribution in [1.29, 1.82) is 0 Å². The molecule has 1 fully saturated rings. The molecule has 0 aromatic heterocycles. The highest BCUT2D eigenvalue weighted by atomic mass is 32.2. The summed E-state index contributed by atoms with van der Waals surface area (Å²) in [6.07, 6.45) is 1.72. The molecule has 0 radical (unpaired) electrons. The molecule has 7 heteroatoms. The lowest BCUT2D eigenvalue weighted by Crippen LogP contribution is -2.28. The zero-order valence-electron chi connectivity index (χ0n) is 15.4. The number of thiocarbonyl (C=S) groups is 1. The Hall–Kier alpha value is -2.51. The van der Waals surface area contributed by atoms with E-state index in [9.17, 15) is 9.90 Å². The van der Waals surface area contributed by atoms with E-state index in [0.717, 1.165) is 16.8 Å². The van der Waals surface area contributed by atoms with Crippen molar-refractivity contribution in [2.45, 2.75) is 13.8 Å². The Morgan fingerprint density at radius 3 is 2.30 bits per heavy atom. The quantitative estimate of drug-likeness (QED) is 0.604. The fraction of sp³-hybridized carbons (Fsp3) is 0.200. The molecule has 0 saturated carbocycles. The van der Waals surface area contributed by atoms with Crippen LogP contribution < -0.4 is 14.4 Å². The maximum atomic E-state index is 13.0. The Morgan fingerprint density at radius 2 is 1.74 bits per heavy atom. The molecule has 1 N–H and O–H groups in total. The number of benzene rings is 2. The summed E-state index contributed by atoms with van der Waals surface area (Å²) in [5.74, 6) is 0.277. The van der Waals surface area contributed by atoms with Gasteiger partial charge in [0.1, 0.15) is 0 Å². The molecule has 5 nitrogen and oxygen atoms in total. The van der Waals surface area contributed by atoms with E-state index >= 15 is 0 Å². The lowest BCUT2D eigenvalue weighted by molar-refractivity contribution is -0.113. The molecule has 2 aromatic carbocycles. The Kier molecular flexibility index (Phi) is 5.43. The van der Waals surface area contributed by atoms with Crippen molar-refractivity contribution in [1.82, 2.24) is 0 Å². The molecule has 2 aromatic rings. The van der Waals surface area contributed by atoms with E-state index in [-0.39, 0.29) is 23.2 Å². The van der Waals surface area contributed by atoms with Gasteiger partial charge in [-0.3, -0.25) is 9.69 Å². The molecule has 1 aliphatic rings. The summed E-state index contributed by atoms with van der Waals surface area (Å²) in [4.78, 5) is 15.0. The van der Waals surface area contributed by atoms with Gasteiger partial charge in [-0.25, -0.2) is 0 Å². The maximum absolute atomic E-state index is 13.0. The van der Waals surface area contributed by atoms with Crippen LogP contribution in [0.25, 0.3) is 6.08 Å². The van der Waals surface area contributed by atoms with Gasteiger partial charge in [0, 0.05) is 0 Å². The maximum Gasteiger partial charge on any atom is 0.270 e. The Labute approximate surface area is 167 Å². The van der Waals surface area contributed by atoms with Crippen LogP contribution in [0.3, 0.4) is 0 Å². The third-order valence-electron chi connectivity index (χ3n) is 4.19. The number of hydrogen-bond acceptors (Lipinski definition) is 6. The minimum absolute atomic E-state index is 0.0834. The summed E-state index contributed by atoms with van der Waals surface area (Å²) < 4.78 is 10.8. The minimum Gasteiger partial charge on any atom is -0.502 e. The fourth-order valence-electron chi connectivity index (χ4n) is 2.88. The number of hydrogen-bond donors (Lipinski definition) is 1. The van der Waals surface area contributed by atoms with Gasteiger partial charge in [-0.15, -0.1) is 0 Å². The predicted octanol–water partition coefficient (Wildman–Crippen LogP) is 4.43. The number of ether oxygens (including phenoxy) is 2. The van der Waals surface area contributed by atoms with E-state index in [2.05, 4.69) is 0 Å². The van der Waals surface area contributed by atoms with Crippen LogP contribution in [-0.2, 0) is 4.79 Å². The van der Waals surface area contributed by atoms with Gasteiger partial charge < -0.3 is 14.6 Å². The Bertz CT molecular complexity index is 943. The van der Waals surface area contributed by atoms with Crippen molar-refractivity contribution in [2.24, 2.45) is 0 Å². The van der Waals surface area contributed by atoms with Crippen molar-refractivity contribution >= 4 is 46.0 Å². The number of rotatable bonds is 4. The third kappa shape index (κ3) is 3.65. The summed E-state index contributed by atoms with van der Waals surface area (Å²) in [6, 6.07) is 9.17. The first-order valence-corrected chi connectivity index (χ1v) is 9.38. The molecule has 3 rings (SSSR count). The summed E-state index contributed by atoms with van der Waals surface area (Å²) in [5, 5.41) is 10.0. The standard InChI is InChI=1S/C20H19NO4S2/c1-11-5-6-14(12(2)7-11)21-19(23)17(27-20(21)26)10-13-8-15(24-3)18(22)16(9-13)25-4/h5-10,22H,1-4H3. The van der Waals surface area contributed by atoms with E-state index in [4.69, 9.17) is 21.7 Å². The number of methoxy groups -OCH3 is 2. The first kappa shape index (κ1) is 19.3. The van der Waals surface area contributed by atoms with Crippen LogP contribution in [0.5, 0.6) is 17.2 Å². The smallest absolute Gasteiger partial charge is 0.270 e. The van der Waals surface area contributed by atoms with Crippen LogP contribution in [-0.4, -0.2) is 29.6 Å². The first-order chi connectivity index (χ1) is 12.8. The highest BCUT2D eigenvalue weighted by molar-refractivity contribution is 8.27. The molecular weight excluding hydrogens is 382 g/mol. The molecule has 0 unspecified atom stereocenters. The van der Waals surface area contributed by atoms with Crippen molar-refractivity contribution in [2.75, 3.05) is 19.1 Å². The van der Waals surface area contributed by atoms with Gasteiger partial charge in [0.05, 0.1) is 24.8 Å². The van der Waals surface area contributed by atoms with Gasteiger partial charge >= 0.3 is 0 Å². The fourth-order valence-corrected chi connectivity index (χ4v) is 4.17. The van der Waals surface area contributed by atoms with Gasteiger partial charge in [-0.2, -0.15) is 0 Å². The number of aromatic hydroxyl groups is 1. The van der Waals surface area contributed by atoms with Crippen LogP contribution >= 0.6 is 24.0 Å². The average molecular weight is 402 g/mol. The number of anilines is 1. The number of amides is 1. The number of phenols is 1. The molecule has 0 spiro atoms. The topological polar surface area (TPSA) is 59.0 Å². The third-order valence-corrected chi connectivity index (χ3v) is 5.49. The van der Waals surface area contributed by atoms with Crippen molar-refractivity contribution in [3.63, 3.8) is 0 Å². The number of carbonyl (C=O) groups excluding carboxylic acids is 1. The second-order valence-corrected chi connectivity index (χ2v) is 7.76. The molecule has 0 bridgehead atoms. The highest BCUT2D eigenvalue weighted by Crippen LogP contribution is 2.41. The molecule has 1 heterocycles. The second kappa shape index (κ2) is 7.62. The van der Waals surface area contributed by atoms with Crippen molar-refractivity contribution < 1.29 is 19.4 Å². The molecule has 1 saturated heterocycles. The molecule has 1 aliphatic heterocycles. The van der Waals surface area contributed by atoms with E-state index in [0.29, 0.717) is 14.8 Å². The normalized spacial score (nSPS) is 15.6. The van der Waals surface area contributed by atoms with Crippen LogP contribution in [0.4, 0.5) is 5.69 Å². The van der Waals surface area contributed by atoms with Crippen molar-refractivity contribution in [3.05, 3.63) is 51.9 Å². The summed E-state index contributed by atoms with van der Waals surface area (Å²) in [5.41, 5.74) is 3.57. The molecule has 27 heavy (non-hydrogen) atoms. The molecular formula is C20H19NO4S2. The van der Waals surface area contributed by atoms with Gasteiger partial charge in [0.2, 0.25) is 5.75 Å². The van der Waals surface area contributed by atoms with Crippen LogP contribution in [0.2, 0.25) is 0 Å². The van der Waals surface area contributed by atoms with E-state index in [1.54, 1.807) is 23.1 Å². The number of carbonyl (C=O) groups is 1. The van der Waals surface area contributed by atoms with Gasteiger partial charge in [-0.05, 0) is 49.2 Å². The SMILES string of the molecule is COc1cc(C=C2SC(=S)N(c3ccc(C)cc3C)C2=O)cc(OC)c1O. The Morgan fingerprint density at radius 1 is 1.11 bits per heavy atom. The van der Waals surface area contributed by atoms with E-state index in [1.807, 2.05) is 32.0 Å². The summed E-state index contributed by atoms with van der Waals surface area (Å²) >= 11 is 6.68.